The molecule has 0 aromatic carbocycles. The monoisotopic (exact) mass is 279 g/mol. The number of nitrogens with zero attached hydrogens (tertiary/aromatic N) is 1. The molecular formula is C12H16F3NOS. The summed E-state index contributed by atoms with van der Waals surface area (Å²) in [6.45, 7) is 3.90. The molecule has 1 aliphatic carbocycles. The summed E-state index contributed by atoms with van der Waals surface area (Å²) in [6.07, 6.45) is -0.899. The summed E-state index contributed by atoms with van der Waals surface area (Å²) in [4.78, 5) is 3.74. The van der Waals surface area contributed by atoms with E-state index in [2.05, 4.69) is 4.98 Å². The maximum atomic E-state index is 12.5. The lowest BCUT2D eigenvalue weighted by Gasteiger charge is -2.40. The molecule has 18 heavy (non-hydrogen) atoms. The Balaban J connectivity index is 2.32. The second-order valence-corrected chi connectivity index (χ2v) is 6.27. The molecule has 6 heteroatoms. The van der Waals surface area contributed by atoms with E-state index in [4.69, 9.17) is 0 Å². The fourth-order valence-corrected chi connectivity index (χ4v) is 3.55. The van der Waals surface area contributed by atoms with Crippen molar-refractivity contribution >= 4 is 11.3 Å². The van der Waals surface area contributed by atoms with Gasteiger partial charge >= 0.3 is 6.18 Å². The molecule has 0 bridgehead atoms. The van der Waals surface area contributed by atoms with Crippen molar-refractivity contribution in [2.45, 2.75) is 44.9 Å². The largest absolute Gasteiger partial charge is 0.443 e. The summed E-state index contributed by atoms with van der Waals surface area (Å²) < 4.78 is 37.6. The number of alkyl halides is 3. The van der Waals surface area contributed by atoms with Crippen molar-refractivity contribution in [2.24, 2.45) is 11.8 Å². The second kappa shape index (κ2) is 4.49. The molecule has 1 aromatic rings. The normalized spacial score (nSPS) is 33.7. The molecule has 0 aliphatic heterocycles. The van der Waals surface area contributed by atoms with E-state index in [1.165, 1.54) is 6.20 Å². The Kier molecular flexibility index (Phi) is 3.44. The van der Waals surface area contributed by atoms with E-state index in [1.807, 2.05) is 13.8 Å². The summed E-state index contributed by atoms with van der Waals surface area (Å²) >= 11 is 0.565. The van der Waals surface area contributed by atoms with Gasteiger partial charge in [-0.2, -0.15) is 13.2 Å². The lowest BCUT2D eigenvalue weighted by Crippen LogP contribution is -2.38. The average Bonchev–Trinajstić information content (AvgIpc) is 2.73. The van der Waals surface area contributed by atoms with E-state index in [1.54, 1.807) is 0 Å². The average molecular weight is 279 g/mol. The van der Waals surface area contributed by atoms with Crippen LogP contribution >= 0.6 is 11.3 Å². The van der Waals surface area contributed by atoms with Crippen molar-refractivity contribution < 1.29 is 18.3 Å². The molecule has 0 amide bonds. The summed E-state index contributed by atoms with van der Waals surface area (Å²) in [5.74, 6) is 0.290. The molecule has 3 atom stereocenters. The number of thiazole rings is 1. The zero-order chi connectivity index (χ0) is 13.6. The van der Waals surface area contributed by atoms with Crippen molar-refractivity contribution in [3.8, 4) is 0 Å². The standard InChI is InChI=1S/C12H16F3NOS/c1-7-3-4-8(2)11(17,5-7)9-6-16-10(18-9)12(13,14)15/h6-8,17H,3-5H2,1-2H3. The highest BCUT2D eigenvalue weighted by molar-refractivity contribution is 7.11. The highest BCUT2D eigenvalue weighted by Gasteiger charge is 2.44. The first kappa shape index (κ1) is 13.8. The molecule has 102 valence electrons. The van der Waals surface area contributed by atoms with E-state index < -0.39 is 16.8 Å². The lowest BCUT2D eigenvalue weighted by molar-refractivity contribution is -0.137. The number of hydrogen-bond donors (Lipinski definition) is 1. The molecule has 2 nitrogen and oxygen atoms in total. The predicted octanol–water partition coefficient (Wildman–Crippen LogP) is 3.81. The van der Waals surface area contributed by atoms with Gasteiger partial charge in [0.05, 0.1) is 4.88 Å². The van der Waals surface area contributed by atoms with Crippen molar-refractivity contribution in [2.75, 3.05) is 0 Å². The van der Waals surface area contributed by atoms with Gasteiger partial charge in [-0.05, 0) is 24.7 Å². The first-order valence-corrected chi connectivity index (χ1v) is 6.81. The number of rotatable bonds is 1. The minimum Gasteiger partial charge on any atom is -0.384 e. The van der Waals surface area contributed by atoms with E-state index in [0.717, 1.165) is 12.8 Å². The first-order valence-electron chi connectivity index (χ1n) is 5.99. The Morgan fingerprint density at radius 2 is 2.06 bits per heavy atom. The molecule has 2 rings (SSSR count). The molecule has 1 N–H and O–H groups in total. The minimum atomic E-state index is -4.43. The topological polar surface area (TPSA) is 33.1 Å². The maximum absolute atomic E-state index is 12.5. The highest BCUT2D eigenvalue weighted by atomic mass is 32.1. The highest BCUT2D eigenvalue weighted by Crippen LogP contribution is 2.46. The van der Waals surface area contributed by atoms with Crippen molar-refractivity contribution in [1.29, 1.82) is 0 Å². The molecule has 0 saturated heterocycles. The SMILES string of the molecule is CC1CCC(C)C(O)(c2cnc(C(F)(F)F)s2)C1. The van der Waals surface area contributed by atoms with Gasteiger partial charge in [0.15, 0.2) is 5.01 Å². The Hall–Kier alpha value is -0.620. The van der Waals surface area contributed by atoms with Crippen LogP contribution in [-0.4, -0.2) is 10.1 Å². The molecule has 1 heterocycles. The van der Waals surface area contributed by atoms with Crippen LogP contribution in [0.25, 0.3) is 0 Å². The number of aliphatic hydroxyl groups is 1. The van der Waals surface area contributed by atoms with Crippen LogP contribution in [0.5, 0.6) is 0 Å². The van der Waals surface area contributed by atoms with Gasteiger partial charge in [0.1, 0.15) is 5.60 Å². The third-order valence-corrected chi connectivity index (χ3v) is 4.95. The Morgan fingerprint density at radius 3 is 2.61 bits per heavy atom. The van der Waals surface area contributed by atoms with Gasteiger partial charge in [-0.25, -0.2) is 4.98 Å². The number of halogens is 3. The fraction of sp³-hybridized carbons (Fsp3) is 0.750. The van der Waals surface area contributed by atoms with Crippen LogP contribution in [0, 0.1) is 11.8 Å². The van der Waals surface area contributed by atoms with Crippen molar-refractivity contribution in [1.82, 2.24) is 4.98 Å². The molecule has 1 fully saturated rings. The minimum absolute atomic E-state index is 0.0322. The Morgan fingerprint density at radius 1 is 1.39 bits per heavy atom. The molecule has 1 aliphatic rings. The van der Waals surface area contributed by atoms with Gasteiger partial charge < -0.3 is 5.11 Å². The van der Waals surface area contributed by atoms with Crippen LogP contribution in [0.2, 0.25) is 0 Å². The van der Waals surface area contributed by atoms with E-state index in [-0.39, 0.29) is 5.92 Å². The van der Waals surface area contributed by atoms with Gasteiger partial charge in [-0.3, -0.25) is 0 Å². The van der Waals surface area contributed by atoms with Gasteiger partial charge in [0, 0.05) is 6.20 Å². The number of hydrogen-bond acceptors (Lipinski definition) is 3. The van der Waals surface area contributed by atoms with Crippen molar-refractivity contribution in [3.63, 3.8) is 0 Å². The molecule has 1 saturated carbocycles. The molecule has 0 radical (unpaired) electrons. The Labute approximate surface area is 108 Å². The van der Waals surface area contributed by atoms with Gasteiger partial charge in [0.2, 0.25) is 0 Å². The summed E-state index contributed by atoms with van der Waals surface area (Å²) in [5, 5.41) is 9.79. The fourth-order valence-electron chi connectivity index (χ4n) is 2.56. The first-order chi connectivity index (χ1) is 8.23. The van der Waals surface area contributed by atoms with Crippen LogP contribution < -0.4 is 0 Å². The summed E-state index contributed by atoms with van der Waals surface area (Å²) in [7, 11) is 0. The molecule has 3 unspecified atom stereocenters. The van der Waals surface area contributed by atoms with Gasteiger partial charge in [-0.1, -0.05) is 20.3 Å². The van der Waals surface area contributed by atoms with Gasteiger partial charge in [0.25, 0.3) is 0 Å². The zero-order valence-electron chi connectivity index (χ0n) is 10.3. The van der Waals surface area contributed by atoms with E-state index >= 15 is 0 Å². The van der Waals surface area contributed by atoms with Crippen LogP contribution in [0.4, 0.5) is 13.2 Å². The summed E-state index contributed by atoms with van der Waals surface area (Å²) in [6, 6.07) is 0. The lowest BCUT2D eigenvalue weighted by atomic mass is 9.71. The third kappa shape index (κ3) is 2.40. The quantitative estimate of drug-likeness (QED) is 0.848. The van der Waals surface area contributed by atoms with Crippen LogP contribution in [0.3, 0.4) is 0 Å². The van der Waals surface area contributed by atoms with E-state index in [0.29, 0.717) is 28.6 Å². The number of aromatic nitrogens is 1. The second-order valence-electron chi connectivity index (χ2n) is 5.24. The maximum Gasteiger partial charge on any atom is 0.443 e. The molecule has 0 spiro atoms. The van der Waals surface area contributed by atoms with Crippen LogP contribution in [0.1, 0.15) is 43.0 Å². The smallest absolute Gasteiger partial charge is 0.384 e. The van der Waals surface area contributed by atoms with E-state index in [9.17, 15) is 18.3 Å². The Bertz CT molecular complexity index is 431. The van der Waals surface area contributed by atoms with Crippen molar-refractivity contribution in [3.05, 3.63) is 16.1 Å². The molecule has 1 aromatic heterocycles. The zero-order valence-corrected chi connectivity index (χ0v) is 11.1. The third-order valence-electron chi connectivity index (χ3n) is 3.74. The van der Waals surface area contributed by atoms with Gasteiger partial charge in [-0.15, -0.1) is 11.3 Å². The van der Waals surface area contributed by atoms with Crippen LogP contribution in [0.15, 0.2) is 6.20 Å². The predicted molar refractivity (Wildman–Crippen MR) is 63.2 cm³/mol. The molecular weight excluding hydrogens is 263 g/mol. The summed E-state index contributed by atoms with van der Waals surface area (Å²) in [5.41, 5.74) is -1.15. The van der Waals surface area contributed by atoms with Crippen LogP contribution in [-0.2, 0) is 11.8 Å².